The van der Waals surface area contributed by atoms with Crippen molar-refractivity contribution in [3.8, 4) is 0 Å². The molecule has 1 heteroatoms. The third-order valence-corrected chi connectivity index (χ3v) is 8.55. The molecule has 3 aliphatic rings. The molecular weight excluding hydrogens is 244 g/mol. The van der Waals surface area contributed by atoms with E-state index in [1.165, 1.54) is 6.42 Å². The van der Waals surface area contributed by atoms with E-state index in [1.807, 2.05) is 0 Å². The van der Waals surface area contributed by atoms with Crippen LogP contribution in [-0.4, -0.2) is 8.07 Å². The van der Waals surface area contributed by atoms with E-state index >= 15 is 0 Å². The summed E-state index contributed by atoms with van der Waals surface area (Å²) in [4.78, 5) is 0. The van der Waals surface area contributed by atoms with E-state index in [2.05, 4.69) is 64.7 Å². The zero-order valence-corrected chi connectivity index (χ0v) is 14.3. The van der Waals surface area contributed by atoms with Crippen molar-refractivity contribution in [1.29, 1.82) is 0 Å². The minimum Gasteiger partial charge on any atom is -0.0847 e. The summed E-state index contributed by atoms with van der Waals surface area (Å²) in [6.07, 6.45) is 11.2. The van der Waals surface area contributed by atoms with Crippen molar-refractivity contribution in [2.45, 2.75) is 52.4 Å². The van der Waals surface area contributed by atoms with Crippen molar-refractivity contribution in [2.75, 3.05) is 0 Å². The maximum absolute atomic E-state index is 2.54. The summed E-state index contributed by atoms with van der Waals surface area (Å²) in [6, 6.07) is 0. The van der Waals surface area contributed by atoms with Crippen LogP contribution < -0.4 is 0 Å². The highest BCUT2D eigenvalue weighted by Crippen LogP contribution is 2.65. The Bertz CT molecular complexity index is 484. The molecule has 0 N–H and O–H groups in total. The molecule has 1 saturated carbocycles. The fourth-order valence-electron chi connectivity index (χ4n) is 5.16. The molecular formula is C18H28Si. The summed E-state index contributed by atoms with van der Waals surface area (Å²) in [5, 5.41) is 0. The van der Waals surface area contributed by atoms with Crippen LogP contribution in [0.15, 0.2) is 35.5 Å². The van der Waals surface area contributed by atoms with Gasteiger partial charge in [0.2, 0.25) is 0 Å². The molecule has 0 aromatic rings. The first-order chi connectivity index (χ1) is 8.74. The van der Waals surface area contributed by atoms with Gasteiger partial charge in [-0.2, -0.15) is 0 Å². The third kappa shape index (κ3) is 1.77. The van der Waals surface area contributed by atoms with Crippen LogP contribution in [0.1, 0.15) is 27.2 Å². The van der Waals surface area contributed by atoms with Crippen molar-refractivity contribution < 1.29 is 0 Å². The lowest BCUT2D eigenvalue weighted by Gasteiger charge is -2.40. The van der Waals surface area contributed by atoms with Gasteiger partial charge in [0.1, 0.15) is 0 Å². The van der Waals surface area contributed by atoms with Crippen LogP contribution in [0.2, 0.25) is 25.2 Å². The molecule has 3 rings (SSSR count). The lowest BCUT2D eigenvalue weighted by atomic mass is 9.67. The first-order valence-corrected chi connectivity index (χ1v) is 11.4. The summed E-state index contributed by atoms with van der Waals surface area (Å²) in [5.74, 6) is 2.39. The molecule has 0 aromatic heterocycles. The monoisotopic (exact) mass is 272 g/mol. The lowest BCUT2D eigenvalue weighted by Crippen LogP contribution is -2.37. The van der Waals surface area contributed by atoms with Gasteiger partial charge < -0.3 is 0 Å². The van der Waals surface area contributed by atoms with Crippen LogP contribution in [0.4, 0.5) is 0 Å². The Hall–Kier alpha value is -0.563. The highest BCUT2D eigenvalue weighted by molar-refractivity contribution is 6.78. The third-order valence-electron chi connectivity index (χ3n) is 5.99. The number of rotatable bonds is 1. The molecule has 0 saturated heterocycles. The molecule has 104 valence electrons. The minimum absolute atomic E-state index is 0.458. The molecule has 4 atom stereocenters. The first kappa shape index (κ1) is 13.4. The van der Waals surface area contributed by atoms with Crippen molar-refractivity contribution in [3.05, 3.63) is 35.5 Å². The maximum atomic E-state index is 2.54. The van der Waals surface area contributed by atoms with Gasteiger partial charge in [0.25, 0.3) is 0 Å². The zero-order chi connectivity index (χ0) is 14.0. The minimum atomic E-state index is -1.14. The largest absolute Gasteiger partial charge is 0.0847 e. The Morgan fingerprint density at radius 2 is 1.89 bits per heavy atom. The molecule has 0 nitrogen and oxygen atoms in total. The molecule has 0 amide bonds. The second kappa shape index (κ2) is 3.97. The number of hydrogen-bond donors (Lipinski definition) is 0. The van der Waals surface area contributed by atoms with Crippen molar-refractivity contribution >= 4 is 8.07 Å². The molecule has 19 heavy (non-hydrogen) atoms. The van der Waals surface area contributed by atoms with Gasteiger partial charge in [-0.05, 0) is 36.1 Å². The summed E-state index contributed by atoms with van der Waals surface area (Å²) in [6.45, 7) is 15.0. The topological polar surface area (TPSA) is 0 Å². The average molecular weight is 273 g/mol. The average Bonchev–Trinajstić information content (AvgIpc) is 2.40. The van der Waals surface area contributed by atoms with Crippen molar-refractivity contribution in [2.24, 2.45) is 23.2 Å². The molecule has 0 aliphatic heterocycles. The van der Waals surface area contributed by atoms with E-state index in [-0.39, 0.29) is 0 Å². The van der Waals surface area contributed by atoms with Crippen LogP contribution in [0.25, 0.3) is 0 Å². The van der Waals surface area contributed by atoms with Gasteiger partial charge in [-0.25, -0.2) is 0 Å². The highest BCUT2D eigenvalue weighted by atomic mass is 28.3. The fourth-order valence-corrected chi connectivity index (χ4v) is 7.35. The molecule has 0 spiro atoms. The molecule has 0 aromatic carbocycles. The van der Waals surface area contributed by atoms with Gasteiger partial charge >= 0.3 is 0 Å². The van der Waals surface area contributed by atoms with Crippen LogP contribution in [0.3, 0.4) is 0 Å². The summed E-state index contributed by atoms with van der Waals surface area (Å²) in [7, 11) is -1.14. The van der Waals surface area contributed by atoms with E-state index in [9.17, 15) is 0 Å². The van der Waals surface area contributed by atoms with Gasteiger partial charge in [-0.15, -0.1) is 0 Å². The van der Waals surface area contributed by atoms with Crippen LogP contribution in [-0.2, 0) is 0 Å². The predicted molar refractivity (Wildman–Crippen MR) is 86.9 cm³/mol. The Morgan fingerprint density at radius 3 is 2.53 bits per heavy atom. The zero-order valence-electron chi connectivity index (χ0n) is 13.3. The van der Waals surface area contributed by atoms with E-state index in [0.29, 0.717) is 11.3 Å². The van der Waals surface area contributed by atoms with E-state index < -0.39 is 8.07 Å². The van der Waals surface area contributed by atoms with Gasteiger partial charge in [0.05, 0.1) is 8.07 Å². The van der Waals surface area contributed by atoms with Gasteiger partial charge in [0, 0.05) is 5.92 Å². The van der Waals surface area contributed by atoms with E-state index in [0.717, 1.165) is 17.4 Å². The summed E-state index contributed by atoms with van der Waals surface area (Å²) in [5.41, 5.74) is 4.68. The van der Waals surface area contributed by atoms with E-state index in [4.69, 9.17) is 0 Å². The second-order valence-corrected chi connectivity index (χ2v) is 13.9. The molecule has 1 fully saturated rings. The summed E-state index contributed by atoms with van der Waals surface area (Å²) >= 11 is 0. The molecule has 2 bridgehead atoms. The number of fused-ring (bicyclic) bond motifs is 5. The fraction of sp³-hybridized carbons (Fsp3) is 0.667. The van der Waals surface area contributed by atoms with Crippen LogP contribution >= 0.6 is 0 Å². The van der Waals surface area contributed by atoms with Crippen molar-refractivity contribution in [3.63, 3.8) is 0 Å². The first-order valence-electron chi connectivity index (χ1n) is 7.79. The van der Waals surface area contributed by atoms with Crippen LogP contribution in [0, 0.1) is 23.2 Å². The van der Waals surface area contributed by atoms with Gasteiger partial charge in [-0.1, -0.05) is 68.9 Å². The van der Waals surface area contributed by atoms with E-state index in [1.54, 1.807) is 11.1 Å². The molecule has 3 aliphatic carbocycles. The smallest absolute Gasteiger partial charge is 0.0521 e. The SMILES string of the molecule is CC1=CC[C@H]2[C@H]3C(=CC=C[C@H]3[Si](C)(C)C)[C@@H]1C2(C)C. The number of allylic oxidation sites excluding steroid dienone is 6. The Morgan fingerprint density at radius 1 is 1.21 bits per heavy atom. The molecule has 0 radical (unpaired) electrons. The number of hydrogen-bond acceptors (Lipinski definition) is 0. The molecule has 0 unspecified atom stereocenters. The quantitative estimate of drug-likeness (QED) is 0.441. The van der Waals surface area contributed by atoms with Crippen LogP contribution in [0.5, 0.6) is 0 Å². The van der Waals surface area contributed by atoms with Gasteiger partial charge in [0.15, 0.2) is 0 Å². The lowest BCUT2D eigenvalue weighted by molar-refractivity contribution is 0.174. The summed E-state index contributed by atoms with van der Waals surface area (Å²) < 4.78 is 0. The normalized spacial score (nSPS) is 39.7. The van der Waals surface area contributed by atoms with Crippen molar-refractivity contribution in [1.82, 2.24) is 0 Å². The Balaban J connectivity index is 2.10. The second-order valence-electron chi connectivity index (χ2n) is 8.51. The Labute approximate surface area is 119 Å². The standard InChI is InChI=1S/C18H28Si/c1-12-10-11-14-16-13(17(12)18(14,2)3)8-7-9-15(16)19(4,5)6/h7-10,14-17H,11H2,1-6H3/t14-,15+,16+,17+/m0/s1. The Kier molecular flexibility index (Phi) is 2.81. The maximum Gasteiger partial charge on any atom is 0.0521 e. The predicted octanol–water partition coefficient (Wildman–Crippen LogP) is 5.43. The highest BCUT2D eigenvalue weighted by Gasteiger charge is 2.57. The van der Waals surface area contributed by atoms with Gasteiger partial charge in [-0.3, -0.25) is 0 Å². The molecule has 0 heterocycles.